The lowest BCUT2D eigenvalue weighted by Crippen LogP contribution is -2.63. The highest BCUT2D eigenvalue weighted by Gasteiger charge is 2.36. The number of halogens is 1. The third kappa shape index (κ3) is 20.2. The maximum absolute atomic E-state index is 14.7. The number of aliphatic hydroxyl groups excluding tert-OH is 1. The van der Waals surface area contributed by atoms with E-state index in [0.717, 1.165) is 12.5 Å². The Kier molecular flexibility index (Phi) is 24.1. The van der Waals surface area contributed by atoms with Gasteiger partial charge in [-0.3, -0.25) is 47.9 Å². The van der Waals surface area contributed by atoms with Gasteiger partial charge in [-0.1, -0.05) is 71.9 Å². The first-order chi connectivity index (χ1) is 38.1. The molecule has 0 bridgehead atoms. The number of rotatable bonds is 19. The molecule has 0 radical (unpaired) electrons. The Balaban J connectivity index is 1.57. The molecule has 1 saturated heterocycles. The van der Waals surface area contributed by atoms with Crippen molar-refractivity contribution in [2.75, 3.05) is 18.8 Å². The molecule has 4 aromatic carbocycles. The van der Waals surface area contributed by atoms with E-state index in [2.05, 4.69) is 42.5 Å². The van der Waals surface area contributed by atoms with Gasteiger partial charge >= 0.3 is 0 Å². The lowest BCUT2D eigenvalue weighted by atomic mass is 10.00. The highest BCUT2D eigenvalue weighted by atomic mass is 35.5. The van der Waals surface area contributed by atoms with Gasteiger partial charge in [0.2, 0.25) is 53.2 Å². The quantitative estimate of drug-likeness (QED) is 0.0519. The molecule has 4 aromatic rings. The Labute approximate surface area is 469 Å². The van der Waals surface area contributed by atoms with E-state index in [0.29, 0.717) is 39.9 Å². The second-order valence-electron chi connectivity index (χ2n) is 19.0. The number of hydrogen-bond acceptors (Lipinski definition) is 15. The summed E-state index contributed by atoms with van der Waals surface area (Å²) >= 11 is 6.51. The maximum atomic E-state index is 14.7. The molecule has 1 fully saturated rings. The third-order valence-electron chi connectivity index (χ3n) is 12.7. The molecule has 1 heterocycles. The van der Waals surface area contributed by atoms with E-state index in [1.807, 2.05) is 0 Å². The van der Waals surface area contributed by atoms with Gasteiger partial charge in [-0.2, -0.15) is 0 Å². The normalized spacial score (nSPS) is 20.6. The molecule has 428 valence electrons. The summed E-state index contributed by atoms with van der Waals surface area (Å²) in [6, 6.07) is 12.6. The highest BCUT2D eigenvalue weighted by Crippen LogP contribution is 2.17. The number of aromatic hydroxyl groups is 2. The largest absolute Gasteiger partial charge is 0.508 e. The standard InChI is InChI=1S/C54H66ClN11O13S/c1-29(67)45-53(78)65-42(51(76)62-39(47(58)72)24-32-9-18-36(68)19-10-32)27-59-54(79)80-28-43(60-44(70)22-13-30-7-16-35(55)17-8-30)52(77)64-41(26-33-11-20-37(69)21-12-33)50(75)63-40(25-31-5-14-34(15-6-31)46(57)71)49(74)61-38(48(73)66-45)4-2-3-23-56/h5-12,14-21,29,38-43,45,67-69H,2-4,13,22-28,56H2,1H3,(H2,57,71)(H2,58,72)(H,59,79)(H,60,70)(H,61,74)(H,62,76)(H,63,75)(H,64,77)(H,65,78)(H,66,73)/t29?,38-,39+,40+,41-,42-,43+,45?/m0/s1. The Morgan fingerprint density at radius 3 is 1.75 bits per heavy atom. The zero-order valence-corrected chi connectivity index (χ0v) is 45.1. The van der Waals surface area contributed by atoms with Crippen LogP contribution in [0.15, 0.2) is 97.1 Å². The molecule has 26 heteroatoms. The van der Waals surface area contributed by atoms with Gasteiger partial charge in [0.05, 0.1) is 6.10 Å². The van der Waals surface area contributed by atoms with Gasteiger partial charge in [0.15, 0.2) is 0 Å². The lowest BCUT2D eigenvalue weighted by Gasteiger charge is -2.28. The molecule has 1 aliphatic heterocycles. The monoisotopic (exact) mass is 1140 g/mol. The molecule has 8 atom stereocenters. The van der Waals surface area contributed by atoms with Crippen molar-refractivity contribution in [3.8, 4) is 11.5 Å². The Bertz CT molecular complexity index is 2830. The number of phenolic OH excluding ortho intramolecular Hbond substituents is 2. The fourth-order valence-electron chi connectivity index (χ4n) is 8.15. The van der Waals surface area contributed by atoms with Gasteiger partial charge in [0, 0.05) is 48.6 Å². The van der Waals surface area contributed by atoms with Crippen molar-refractivity contribution in [1.29, 1.82) is 0 Å². The van der Waals surface area contributed by atoms with Gasteiger partial charge in [-0.25, -0.2) is 0 Å². The number of carbonyl (C=O) groups is 10. The van der Waals surface area contributed by atoms with E-state index >= 15 is 0 Å². The number of phenols is 2. The van der Waals surface area contributed by atoms with E-state index in [9.17, 15) is 63.3 Å². The number of amides is 10. The van der Waals surface area contributed by atoms with Crippen LogP contribution in [0.1, 0.15) is 65.2 Å². The third-order valence-corrected chi connectivity index (χ3v) is 13.8. The summed E-state index contributed by atoms with van der Waals surface area (Å²) in [5, 5.41) is 50.7. The summed E-state index contributed by atoms with van der Waals surface area (Å²) in [5.41, 5.74) is 19.1. The first-order valence-corrected chi connectivity index (χ1v) is 26.8. The number of primary amides is 2. The number of nitrogens with one attached hydrogen (secondary N) is 8. The number of nitrogens with two attached hydrogens (primary N) is 3. The van der Waals surface area contributed by atoms with Crippen molar-refractivity contribution in [3.63, 3.8) is 0 Å². The number of aliphatic hydroxyl groups is 1. The molecule has 0 aromatic heterocycles. The molecule has 5 rings (SSSR count). The fourth-order valence-corrected chi connectivity index (χ4v) is 9.02. The molecular formula is C54H66ClN11O13S. The van der Waals surface area contributed by atoms with Gasteiger partial charge in [-0.05, 0) is 110 Å². The molecule has 1 aliphatic rings. The van der Waals surface area contributed by atoms with Crippen LogP contribution in [-0.4, -0.2) is 141 Å². The van der Waals surface area contributed by atoms with E-state index in [-0.39, 0.29) is 68.6 Å². The molecule has 0 aliphatic carbocycles. The van der Waals surface area contributed by atoms with Crippen LogP contribution < -0.4 is 59.7 Å². The summed E-state index contributed by atoms with van der Waals surface area (Å²) in [7, 11) is 0. The minimum absolute atomic E-state index is 0.0763. The van der Waals surface area contributed by atoms with Gasteiger partial charge in [-0.15, -0.1) is 0 Å². The van der Waals surface area contributed by atoms with E-state index < -0.39 is 119 Å². The average molecular weight is 1140 g/mol. The number of benzene rings is 4. The number of hydrogen-bond donors (Lipinski definition) is 14. The highest BCUT2D eigenvalue weighted by molar-refractivity contribution is 8.13. The second kappa shape index (κ2) is 30.8. The summed E-state index contributed by atoms with van der Waals surface area (Å²) in [6.45, 7) is 0.638. The maximum Gasteiger partial charge on any atom is 0.279 e. The predicted octanol–water partition coefficient (Wildman–Crippen LogP) is -0.644. The van der Waals surface area contributed by atoms with Crippen LogP contribution in [0.2, 0.25) is 5.02 Å². The van der Waals surface area contributed by atoms with Crippen LogP contribution in [0, 0.1) is 0 Å². The first-order valence-electron chi connectivity index (χ1n) is 25.5. The number of unbranched alkanes of at least 4 members (excludes halogenated alkanes) is 1. The average Bonchev–Trinajstić information content (AvgIpc) is 3.42. The van der Waals surface area contributed by atoms with E-state index in [4.69, 9.17) is 28.8 Å². The molecule has 80 heavy (non-hydrogen) atoms. The SMILES string of the molecule is CC(O)C1NC(=O)[C@H](CCCCN)NC(=O)[C@@H](Cc2ccc(C(N)=O)cc2)NC(=O)[C@H](Cc2ccc(O)cc2)NC(=O)[C@H](NC(=O)CCc2ccc(Cl)cc2)CSC(=O)NC[C@@H](C(=O)N[C@H](Cc2ccc(O)cc2)C(N)=O)NC1=O. The van der Waals surface area contributed by atoms with Crippen molar-refractivity contribution >= 4 is 81.8 Å². The Morgan fingerprint density at radius 1 is 0.675 bits per heavy atom. The van der Waals surface area contributed by atoms with Crippen LogP contribution in [0.4, 0.5) is 4.79 Å². The smallest absolute Gasteiger partial charge is 0.279 e. The lowest BCUT2D eigenvalue weighted by molar-refractivity contribution is -0.137. The van der Waals surface area contributed by atoms with Crippen molar-refractivity contribution in [1.82, 2.24) is 42.5 Å². The van der Waals surface area contributed by atoms with Crippen LogP contribution in [0.5, 0.6) is 11.5 Å². The number of thioether (sulfide) groups is 1. The summed E-state index contributed by atoms with van der Waals surface area (Å²) in [5.74, 6) is -9.12. The number of carbonyl (C=O) groups excluding carboxylic acids is 10. The predicted molar refractivity (Wildman–Crippen MR) is 295 cm³/mol. The minimum Gasteiger partial charge on any atom is -0.508 e. The van der Waals surface area contributed by atoms with Gasteiger partial charge in [0.1, 0.15) is 53.8 Å². The van der Waals surface area contributed by atoms with E-state index in [1.165, 1.54) is 72.8 Å². The topological polar surface area (TPSA) is 406 Å². The summed E-state index contributed by atoms with van der Waals surface area (Å²) < 4.78 is 0. The number of aryl methyl sites for hydroxylation is 1. The molecule has 24 nitrogen and oxygen atoms in total. The van der Waals surface area contributed by atoms with Crippen molar-refractivity contribution in [2.45, 2.75) is 107 Å². The molecule has 17 N–H and O–H groups in total. The molecular weight excluding hydrogens is 1080 g/mol. The summed E-state index contributed by atoms with van der Waals surface area (Å²) in [6.07, 6.45) is -1.81. The van der Waals surface area contributed by atoms with Crippen LogP contribution in [0.3, 0.4) is 0 Å². The zero-order valence-electron chi connectivity index (χ0n) is 43.6. The Hall–Kier alpha value is -8.26. The molecule has 0 spiro atoms. The van der Waals surface area contributed by atoms with Crippen molar-refractivity contribution < 1.29 is 63.3 Å². The van der Waals surface area contributed by atoms with Crippen molar-refractivity contribution in [3.05, 3.63) is 130 Å². The molecule has 0 saturated carbocycles. The molecule has 2 unspecified atom stereocenters. The van der Waals surface area contributed by atoms with Crippen LogP contribution in [-0.2, 0) is 64.0 Å². The first kappa shape index (κ1) is 62.6. The van der Waals surface area contributed by atoms with Crippen molar-refractivity contribution in [2.24, 2.45) is 17.2 Å². The van der Waals surface area contributed by atoms with E-state index in [1.54, 1.807) is 24.3 Å². The zero-order chi connectivity index (χ0) is 58.5. The van der Waals surface area contributed by atoms with Crippen LogP contribution in [0.25, 0.3) is 0 Å². The molecule has 10 amide bonds. The summed E-state index contributed by atoms with van der Waals surface area (Å²) in [4.78, 5) is 138. The van der Waals surface area contributed by atoms with Gasteiger partial charge < -0.3 is 75.1 Å². The van der Waals surface area contributed by atoms with Gasteiger partial charge in [0.25, 0.3) is 5.24 Å². The Morgan fingerprint density at radius 2 is 1.20 bits per heavy atom. The van der Waals surface area contributed by atoms with Crippen LogP contribution >= 0.6 is 23.4 Å². The minimum atomic E-state index is -1.84. The second-order valence-corrected chi connectivity index (χ2v) is 20.4. The fraction of sp³-hybridized carbons (Fsp3) is 0.370.